The summed E-state index contributed by atoms with van der Waals surface area (Å²) in [6, 6.07) is 64.2. The van der Waals surface area contributed by atoms with Crippen molar-refractivity contribution in [3.8, 4) is 51.0 Å². The van der Waals surface area contributed by atoms with Crippen LogP contribution in [0.15, 0.2) is 202 Å². The molecule has 1 aliphatic rings. The fraction of sp³-hybridized carbons (Fsp3) is 0. The van der Waals surface area contributed by atoms with E-state index in [-0.39, 0.29) is 0 Å². The van der Waals surface area contributed by atoms with E-state index in [9.17, 15) is 0 Å². The van der Waals surface area contributed by atoms with E-state index in [1.807, 2.05) is 84.2 Å². The van der Waals surface area contributed by atoms with Crippen LogP contribution < -0.4 is 0 Å². The molecule has 0 N–H and O–H groups in total. The minimum Gasteiger partial charge on any atom is -0.308 e. The van der Waals surface area contributed by atoms with Crippen LogP contribution in [0.2, 0.25) is 0 Å². The second kappa shape index (κ2) is 13.1. The van der Waals surface area contributed by atoms with Gasteiger partial charge in [-0.05, 0) is 58.3 Å². The van der Waals surface area contributed by atoms with Crippen LogP contribution in [0.3, 0.4) is 0 Å². The third kappa shape index (κ3) is 5.44. The number of aromatic nitrogens is 4. The van der Waals surface area contributed by atoms with E-state index >= 15 is 0 Å². The number of nitrogens with zero attached hydrogens (tertiary/aromatic N) is 4. The first-order valence-corrected chi connectivity index (χ1v) is 19.9. The van der Waals surface area contributed by atoms with Gasteiger partial charge in [-0.25, -0.2) is 15.0 Å². The van der Waals surface area contributed by atoms with Crippen molar-refractivity contribution < 1.29 is 0 Å². The standard InChI is InChI=1S/C49H30N4S2/c1-3-14-32(15-4-1)47-50-48(33-16-5-2-6-17-33)52-49(51-47)35-19-13-18-34(30-35)31-26-28-36(29-27-31)53-40-23-10-9-22-39(40)43-37-20-7-8-21-38(37)45-46(44(43)53)55-42-25-12-11-24-41(42)54-45/h1-30H. The van der Waals surface area contributed by atoms with Gasteiger partial charge in [0.25, 0.3) is 0 Å². The van der Waals surface area contributed by atoms with Gasteiger partial charge < -0.3 is 4.57 Å². The first-order valence-electron chi connectivity index (χ1n) is 18.3. The molecule has 0 saturated carbocycles. The summed E-state index contributed by atoms with van der Waals surface area (Å²) >= 11 is 3.78. The summed E-state index contributed by atoms with van der Waals surface area (Å²) in [6.07, 6.45) is 0. The van der Waals surface area contributed by atoms with E-state index in [4.69, 9.17) is 15.0 Å². The molecule has 0 amide bonds. The Morgan fingerprint density at radius 1 is 0.364 bits per heavy atom. The lowest BCUT2D eigenvalue weighted by Crippen LogP contribution is -2.00. The lowest BCUT2D eigenvalue weighted by molar-refractivity contribution is 1.07. The van der Waals surface area contributed by atoms with Gasteiger partial charge in [-0.3, -0.25) is 0 Å². The van der Waals surface area contributed by atoms with Crippen molar-refractivity contribution in [2.45, 2.75) is 19.6 Å². The predicted octanol–water partition coefficient (Wildman–Crippen LogP) is 13.4. The number of para-hydroxylation sites is 1. The van der Waals surface area contributed by atoms with E-state index in [1.54, 1.807) is 0 Å². The van der Waals surface area contributed by atoms with Crippen molar-refractivity contribution in [3.05, 3.63) is 182 Å². The van der Waals surface area contributed by atoms with E-state index in [2.05, 4.69) is 126 Å². The van der Waals surface area contributed by atoms with E-state index in [0.29, 0.717) is 17.5 Å². The van der Waals surface area contributed by atoms with Gasteiger partial charge in [-0.2, -0.15) is 0 Å². The summed E-state index contributed by atoms with van der Waals surface area (Å²) in [6.45, 7) is 0. The van der Waals surface area contributed by atoms with Gasteiger partial charge in [0.1, 0.15) is 0 Å². The van der Waals surface area contributed by atoms with Crippen LogP contribution in [0, 0.1) is 0 Å². The first-order chi connectivity index (χ1) is 27.3. The van der Waals surface area contributed by atoms with Crippen molar-refractivity contribution in [3.63, 3.8) is 0 Å². The molecule has 8 aromatic carbocycles. The summed E-state index contributed by atoms with van der Waals surface area (Å²) in [7, 11) is 0. The molecule has 0 atom stereocenters. The number of fused-ring (bicyclic) bond motifs is 9. The van der Waals surface area contributed by atoms with E-state index < -0.39 is 0 Å². The Kier molecular flexibility index (Phi) is 7.64. The highest BCUT2D eigenvalue weighted by atomic mass is 32.2. The van der Waals surface area contributed by atoms with Crippen LogP contribution in [0.4, 0.5) is 0 Å². The Balaban J connectivity index is 1.04. The zero-order chi connectivity index (χ0) is 36.3. The molecular formula is C49H30N4S2. The molecule has 0 unspecified atom stereocenters. The smallest absolute Gasteiger partial charge is 0.164 e. The third-order valence-electron chi connectivity index (χ3n) is 10.3. The molecule has 4 nitrogen and oxygen atoms in total. The molecule has 11 rings (SSSR count). The Morgan fingerprint density at radius 3 is 1.55 bits per heavy atom. The first kappa shape index (κ1) is 32.0. The summed E-state index contributed by atoms with van der Waals surface area (Å²) in [5.41, 5.74) is 8.66. The second-order valence-electron chi connectivity index (χ2n) is 13.6. The van der Waals surface area contributed by atoms with Crippen molar-refractivity contribution in [2.24, 2.45) is 0 Å². The summed E-state index contributed by atoms with van der Waals surface area (Å²) in [4.78, 5) is 20.1. The maximum absolute atomic E-state index is 4.98. The Labute approximate surface area is 326 Å². The average Bonchev–Trinajstić information content (AvgIpc) is 3.62. The lowest BCUT2D eigenvalue weighted by Gasteiger charge is -2.22. The molecule has 0 spiro atoms. The van der Waals surface area contributed by atoms with Crippen LogP contribution in [-0.2, 0) is 0 Å². The highest BCUT2D eigenvalue weighted by molar-refractivity contribution is 8.05. The SMILES string of the molecule is c1ccc(-c2nc(-c3ccccc3)nc(-c3cccc(-c4ccc(-n5c6ccccc6c6c7ccccc7c7c(c65)Sc5ccccc5S7)cc4)c3)n2)cc1. The molecule has 1 aliphatic heterocycles. The average molecular weight is 739 g/mol. The molecule has 0 radical (unpaired) electrons. The number of rotatable bonds is 5. The predicted molar refractivity (Wildman–Crippen MR) is 228 cm³/mol. The maximum Gasteiger partial charge on any atom is 0.164 e. The van der Waals surface area contributed by atoms with Crippen molar-refractivity contribution in [2.75, 3.05) is 0 Å². The Morgan fingerprint density at radius 2 is 0.873 bits per heavy atom. The molecule has 6 heteroatoms. The zero-order valence-corrected chi connectivity index (χ0v) is 31.1. The normalized spacial score (nSPS) is 12.2. The molecule has 0 saturated heterocycles. The fourth-order valence-electron chi connectivity index (χ4n) is 7.74. The van der Waals surface area contributed by atoms with Gasteiger partial charge >= 0.3 is 0 Å². The van der Waals surface area contributed by atoms with E-state index in [1.165, 1.54) is 52.2 Å². The van der Waals surface area contributed by atoms with Crippen molar-refractivity contribution in [1.82, 2.24) is 19.5 Å². The highest BCUT2D eigenvalue weighted by Gasteiger charge is 2.27. The van der Waals surface area contributed by atoms with Crippen LogP contribution in [0.25, 0.3) is 83.6 Å². The maximum atomic E-state index is 4.98. The fourth-order valence-corrected chi connectivity index (χ4v) is 10.3. The lowest BCUT2D eigenvalue weighted by atomic mass is 10.0. The van der Waals surface area contributed by atoms with Gasteiger partial charge in [0.2, 0.25) is 0 Å². The van der Waals surface area contributed by atoms with Crippen molar-refractivity contribution >= 4 is 56.1 Å². The zero-order valence-electron chi connectivity index (χ0n) is 29.4. The monoisotopic (exact) mass is 738 g/mol. The molecular weight excluding hydrogens is 709 g/mol. The second-order valence-corrected chi connectivity index (χ2v) is 15.7. The van der Waals surface area contributed by atoms with Crippen LogP contribution >= 0.6 is 23.5 Å². The number of benzene rings is 8. The third-order valence-corrected chi connectivity index (χ3v) is 12.9. The quantitative estimate of drug-likeness (QED) is 0.176. The summed E-state index contributed by atoms with van der Waals surface area (Å²) in [5.74, 6) is 1.95. The molecule has 0 aliphatic carbocycles. The molecule has 2 aromatic heterocycles. The minimum absolute atomic E-state index is 0.644. The molecule has 55 heavy (non-hydrogen) atoms. The van der Waals surface area contributed by atoms with Gasteiger partial charge in [0.15, 0.2) is 17.5 Å². The van der Waals surface area contributed by atoms with Gasteiger partial charge in [-0.15, -0.1) is 0 Å². The molecule has 0 fully saturated rings. The van der Waals surface area contributed by atoms with E-state index in [0.717, 1.165) is 33.5 Å². The minimum atomic E-state index is 0.644. The van der Waals surface area contributed by atoms with Crippen molar-refractivity contribution in [1.29, 1.82) is 0 Å². The largest absolute Gasteiger partial charge is 0.308 e. The Bertz CT molecular complexity index is 3030. The molecule has 258 valence electrons. The summed E-state index contributed by atoms with van der Waals surface area (Å²) < 4.78 is 2.47. The summed E-state index contributed by atoms with van der Waals surface area (Å²) in [5, 5.41) is 5.16. The van der Waals surface area contributed by atoms with Gasteiger partial charge in [-0.1, -0.05) is 169 Å². The highest BCUT2D eigenvalue weighted by Crippen LogP contribution is 2.55. The van der Waals surface area contributed by atoms with Crippen LogP contribution in [-0.4, -0.2) is 19.5 Å². The molecule has 10 aromatic rings. The van der Waals surface area contributed by atoms with Crippen LogP contribution in [0.1, 0.15) is 0 Å². The van der Waals surface area contributed by atoms with Gasteiger partial charge in [0.05, 0.1) is 15.9 Å². The molecule has 0 bridgehead atoms. The topological polar surface area (TPSA) is 43.6 Å². The number of hydrogen-bond acceptors (Lipinski definition) is 5. The van der Waals surface area contributed by atoms with Crippen LogP contribution in [0.5, 0.6) is 0 Å². The number of hydrogen-bond donors (Lipinski definition) is 0. The van der Waals surface area contributed by atoms with Gasteiger partial charge in [0, 0.05) is 47.8 Å². The molecule has 3 heterocycles. The Hall–Kier alpha value is -6.47.